The summed E-state index contributed by atoms with van der Waals surface area (Å²) in [7, 11) is 0. The molecule has 1 rings (SSSR count). The van der Waals surface area contributed by atoms with Crippen LogP contribution >= 0.6 is 34.8 Å². The second-order valence-electron chi connectivity index (χ2n) is 4.13. The SMILES string of the molecule is ClC(Cl)(Cl)COC[C]1CCCCCCC1. The summed E-state index contributed by atoms with van der Waals surface area (Å²) in [6, 6.07) is 0. The number of rotatable bonds is 3. The third-order valence-electron chi connectivity index (χ3n) is 2.63. The molecular formula is C11H18Cl3O. The number of alkyl halides is 3. The van der Waals surface area contributed by atoms with E-state index >= 15 is 0 Å². The third kappa shape index (κ3) is 7.68. The van der Waals surface area contributed by atoms with Crippen molar-refractivity contribution in [1.29, 1.82) is 0 Å². The molecule has 4 heteroatoms. The molecule has 0 aromatic heterocycles. The molecule has 0 unspecified atom stereocenters. The molecule has 1 aliphatic carbocycles. The van der Waals surface area contributed by atoms with Gasteiger partial charge in [-0.15, -0.1) is 0 Å². The van der Waals surface area contributed by atoms with Gasteiger partial charge in [-0.1, -0.05) is 66.9 Å². The highest BCUT2D eigenvalue weighted by atomic mass is 35.6. The van der Waals surface area contributed by atoms with Crippen LogP contribution in [-0.2, 0) is 4.74 Å². The monoisotopic (exact) mass is 271 g/mol. The van der Waals surface area contributed by atoms with Crippen LogP contribution in [0, 0.1) is 5.92 Å². The van der Waals surface area contributed by atoms with Crippen LogP contribution in [0.2, 0.25) is 0 Å². The van der Waals surface area contributed by atoms with Crippen LogP contribution in [0.5, 0.6) is 0 Å². The Morgan fingerprint density at radius 3 is 2.00 bits per heavy atom. The molecule has 1 fully saturated rings. The van der Waals surface area contributed by atoms with Gasteiger partial charge in [0.1, 0.15) is 0 Å². The molecule has 0 bridgehead atoms. The van der Waals surface area contributed by atoms with E-state index in [1.807, 2.05) is 0 Å². The first-order chi connectivity index (χ1) is 7.08. The van der Waals surface area contributed by atoms with E-state index in [0.29, 0.717) is 6.61 Å². The van der Waals surface area contributed by atoms with Gasteiger partial charge in [0.25, 0.3) is 0 Å². The first kappa shape index (κ1) is 13.9. The quantitative estimate of drug-likeness (QED) is 0.677. The summed E-state index contributed by atoms with van der Waals surface area (Å²) in [5, 5.41) is 0. The maximum absolute atomic E-state index is 5.61. The Balaban J connectivity index is 2.12. The number of hydrogen-bond acceptors (Lipinski definition) is 1. The second-order valence-corrected chi connectivity index (χ2v) is 6.64. The fraction of sp³-hybridized carbons (Fsp3) is 0.909. The molecule has 0 aliphatic heterocycles. The Kier molecular flexibility index (Phi) is 6.68. The zero-order valence-corrected chi connectivity index (χ0v) is 11.2. The molecule has 0 aromatic carbocycles. The molecule has 1 saturated carbocycles. The second kappa shape index (κ2) is 7.21. The summed E-state index contributed by atoms with van der Waals surface area (Å²) in [6.07, 6.45) is 8.99. The van der Waals surface area contributed by atoms with Crippen LogP contribution in [0.1, 0.15) is 44.9 Å². The summed E-state index contributed by atoms with van der Waals surface area (Å²) >= 11 is 16.8. The minimum atomic E-state index is -1.28. The molecule has 1 radical (unpaired) electrons. The first-order valence-corrected chi connectivity index (χ1v) is 6.69. The molecule has 0 atom stereocenters. The van der Waals surface area contributed by atoms with Gasteiger partial charge in [0.05, 0.1) is 13.2 Å². The lowest BCUT2D eigenvalue weighted by Crippen LogP contribution is -2.17. The lowest BCUT2D eigenvalue weighted by molar-refractivity contribution is 0.141. The van der Waals surface area contributed by atoms with Gasteiger partial charge in [0, 0.05) is 5.92 Å². The van der Waals surface area contributed by atoms with Crippen molar-refractivity contribution in [3.05, 3.63) is 5.92 Å². The van der Waals surface area contributed by atoms with E-state index < -0.39 is 3.79 Å². The predicted octanol–water partition coefficient (Wildman–Crippen LogP) is 4.69. The third-order valence-corrected chi connectivity index (χ3v) is 2.96. The summed E-state index contributed by atoms with van der Waals surface area (Å²) < 4.78 is 4.13. The maximum Gasteiger partial charge on any atom is 0.213 e. The largest absolute Gasteiger partial charge is 0.376 e. The van der Waals surface area contributed by atoms with Crippen molar-refractivity contribution >= 4 is 34.8 Å². The maximum atomic E-state index is 5.61. The van der Waals surface area contributed by atoms with Crippen molar-refractivity contribution in [3.8, 4) is 0 Å². The van der Waals surface area contributed by atoms with Crippen LogP contribution in [-0.4, -0.2) is 17.0 Å². The van der Waals surface area contributed by atoms with Crippen LogP contribution in [0.4, 0.5) is 0 Å². The van der Waals surface area contributed by atoms with Crippen molar-refractivity contribution in [2.24, 2.45) is 0 Å². The van der Waals surface area contributed by atoms with Crippen molar-refractivity contribution < 1.29 is 4.74 Å². The normalized spacial score (nSPS) is 21.0. The van der Waals surface area contributed by atoms with E-state index in [1.165, 1.54) is 50.9 Å². The molecule has 0 saturated heterocycles. The van der Waals surface area contributed by atoms with E-state index in [0.717, 1.165) is 0 Å². The average Bonchev–Trinajstić information content (AvgIpc) is 2.06. The fourth-order valence-electron chi connectivity index (χ4n) is 1.86. The molecule has 1 nitrogen and oxygen atoms in total. The van der Waals surface area contributed by atoms with Gasteiger partial charge in [-0.3, -0.25) is 0 Å². The van der Waals surface area contributed by atoms with E-state index in [1.54, 1.807) is 0 Å². The lowest BCUT2D eigenvalue weighted by Gasteiger charge is -2.20. The Hall–Kier alpha value is 0.830. The molecule has 0 aromatic rings. The molecular weight excluding hydrogens is 254 g/mol. The summed E-state index contributed by atoms with van der Waals surface area (Å²) in [5.74, 6) is 1.48. The van der Waals surface area contributed by atoms with Gasteiger partial charge in [-0.25, -0.2) is 0 Å². The minimum Gasteiger partial charge on any atom is -0.376 e. The molecule has 89 valence electrons. The van der Waals surface area contributed by atoms with Crippen LogP contribution in [0.3, 0.4) is 0 Å². The zero-order valence-electron chi connectivity index (χ0n) is 8.91. The standard InChI is InChI=1S/C11H18Cl3O/c12-11(13,14)9-15-8-10-6-4-2-1-3-5-7-10/h1-9H2. The van der Waals surface area contributed by atoms with Crippen molar-refractivity contribution in [2.45, 2.75) is 48.7 Å². The summed E-state index contributed by atoms with van der Waals surface area (Å²) in [4.78, 5) is 0. The molecule has 0 spiro atoms. The fourth-order valence-corrected chi connectivity index (χ4v) is 2.09. The smallest absolute Gasteiger partial charge is 0.213 e. The van der Waals surface area contributed by atoms with Crippen molar-refractivity contribution in [2.75, 3.05) is 13.2 Å². The molecule has 0 heterocycles. The Morgan fingerprint density at radius 1 is 0.933 bits per heavy atom. The highest BCUT2D eigenvalue weighted by Gasteiger charge is 2.21. The van der Waals surface area contributed by atoms with Crippen molar-refractivity contribution in [3.63, 3.8) is 0 Å². The molecule has 15 heavy (non-hydrogen) atoms. The molecule has 0 amide bonds. The lowest BCUT2D eigenvalue weighted by atomic mass is 9.92. The zero-order chi connectivity index (χ0) is 11.1. The van der Waals surface area contributed by atoms with Crippen LogP contribution in [0.15, 0.2) is 0 Å². The van der Waals surface area contributed by atoms with E-state index in [9.17, 15) is 0 Å². The number of ether oxygens (including phenoxy) is 1. The van der Waals surface area contributed by atoms with E-state index in [4.69, 9.17) is 39.5 Å². The minimum absolute atomic E-state index is 0.182. The Bertz CT molecular complexity index is 160. The first-order valence-electron chi connectivity index (χ1n) is 5.56. The van der Waals surface area contributed by atoms with Gasteiger partial charge in [-0.2, -0.15) is 0 Å². The van der Waals surface area contributed by atoms with Gasteiger partial charge in [-0.05, 0) is 12.8 Å². The van der Waals surface area contributed by atoms with Crippen LogP contribution < -0.4 is 0 Å². The number of halogens is 3. The highest BCUT2D eigenvalue weighted by Crippen LogP contribution is 2.28. The number of hydrogen-bond donors (Lipinski definition) is 0. The van der Waals surface area contributed by atoms with Crippen molar-refractivity contribution in [1.82, 2.24) is 0 Å². The molecule has 0 N–H and O–H groups in total. The molecule has 1 aliphatic rings. The van der Waals surface area contributed by atoms with E-state index in [-0.39, 0.29) is 6.61 Å². The summed E-state index contributed by atoms with van der Waals surface area (Å²) in [5.41, 5.74) is 0. The van der Waals surface area contributed by atoms with E-state index in [2.05, 4.69) is 0 Å². The van der Waals surface area contributed by atoms with Gasteiger partial charge in [0.15, 0.2) is 0 Å². The Morgan fingerprint density at radius 2 is 1.47 bits per heavy atom. The van der Waals surface area contributed by atoms with Crippen LogP contribution in [0.25, 0.3) is 0 Å². The van der Waals surface area contributed by atoms with Gasteiger partial charge >= 0.3 is 0 Å². The van der Waals surface area contributed by atoms with Gasteiger partial charge < -0.3 is 4.74 Å². The Labute approximate surface area is 107 Å². The highest BCUT2D eigenvalue weighted by molar-refractivity contribution is 6.67. The van der Waals surface area contributed by atoms with Gasteiger partial charge in [0.2, 0.25) is 3.79 Å². The predicted molar refractivity (Wildman–Crippen MR) is 66.7 cm³/mol. The topological polar surface area (TPSA) is 9.23 Å². The average molecular weight is 273 g/mol. The summed E-state index contributed by atoms with van der Waals surface area (Å²) in [6.45, 7) is 0.842.